The molecule has 0 aliphatic heterocycles. The van der Waals surface area contributed by atoms with Gasteiger partial charge in [-0.15, -0.1) is 0 Å². The average Bonchev–Trinajstić information content (AvgIpc) is 2.60. The van der Waals surface area contributed by atoms with E-state index in [0.29, 0.717) is 18.0 Å². The van der Waals surface area contributed by atoms with Crippen molar-refractivity contribution in [2.75, 3.05) is 0 Å². The lowest BCUT2D eigenvalue weighted by molar-refractivity contribution is -0.140. The Morgan fingerprint density at radius 1 is 1.25 bits per heavy atom. The maximum absolute atomic E-state index is 12.6. The standard InChI is InChI=1S/C19H27ClN2O2/c1-3-18(23)22(13-15-9-7-8-12-17(15)20)14(2)19(24)21-16-10-5-4-6-11-16/h7-9,12,14,16H,3-6,10-11,13H2,1-2H3,(H,21,24)/t14-/m0/s1. The SMILES string of the molecule is CCC(=O)N(Cc1ccccc1Cl)[C@@H](C)C(=O)NC1CCCCC1. The molecule has 1 atom stereocenters. The van der Waals surface area contributed by atoms with E-state index in [9.17, 15) is 9.59 Å². The third kappa shape index (κ3) is 4.97. The van der Waals surface area contributed by atoms with Crippen molar-refractivity contribution < 1.29 is 9.59 Å². The number of nitrogens with zero attached hydrogens (tertiary/aromatic N) is 1. The minimum absolute atomic E-state index is 0.0405. The molecule has 2 rings (SSSR count). The van der Waals surface area contributed by atoms with Crippen LogP contribution < -0.4 is 5.32 Å². The fourth-order valence-electron chi connectivity index (χ4n) is 3.16. The van der Waals surface area contributed by atoms with Crippen LogP contribution >= 0.6 is 11.6 Å². The number of halogens is 1. The first-order valence-electron chi connectivity index (χ1n) is 8.86. The molecule has 5 heteroatoms. The van der Waals surface area contributed by atoms with Crippen LogP contribution in [-0.4, -0.2) is 28.8 Å². The third-order valence-corrected chi connectivity index (χ3v) is 5.09. The van der Waals surface area contributed by atoms with Gasteiger partial charge in [0.1, 0.15) is 6.04 Å². The fourth-order valence-corrected chi connectivity index (χ4v) is 3.36. The van der Waals surface area contributed by atoms with Crippen molar-refractivity contribution in [1.29, 1.82) is 0 Å². The average molecular weight is 351 g/mol. The molecule has 0 unspecified atom stereocenters. The number of carbonyl (C=O) groups is 2. The Balaban J connectivity index is 2.06. The van der Waals surface area contributed by atoms with Crippen LogP contribution in [0.15, 0.2) is 24.3 Å². The lowest BCUT2D eigenvalue weighted by Crippen LogP contribution is -2.50. The zero-order valence-electron chi connectivity index (χ0n) is 14.6. The summed E-state index contributed by atoms with van der Waals surface area (Å²) in [5.74, 6) is -0.114. The van der Waals surface area contributed by atoms with Gasteiger partial charge in [0.2, 0.25) is 11.8 Å². The van der Waals surface area contributed by atoms with E-state index in [0.717, 1.165) is 31.2 Å². The van der Waals surface area contributed by atoms with Crippen molar-refractivity contribution in [3.05, 3.63) is 34.9 Å². The lowest BCUT2D eigenvalue weighted by atomic mass is 9.95. The van der Waals surface area contributed by atoms with Gasteiger partial charge < -0.3 is 10.2 Å². The number of hydrogen-bond donors (Lipinski definition) is 1. The molecule has 1 aliphatic rings. The molecular weight excluding hydrogens is 324 g/mol. The summed E-state index contributed by atoms with van der Waals surface area (Å²) in [4.78, 5) is 26.6. The van der Waals surface area contributed by atoms with Gasteiger partial charge in [-0.3, -0.25) is 9.59 Å². The Morgan fingerprint density at radius 3 is 2.54 bits per heavy atom. The zero-order valence-corrected chi connectivity index (χ0v) is 15.3. The number of carbonyl (C=O) groups excluding carboxylic acids is 2. The van der Waals surface area contributed by atoms with Gasteiger partial charge in [0.05, 0.1) is 0 Å². The number of nitrogens with one attached hydrogen (secondary N) is 1. The van der Waals surface area contributed by atoms with Crippen molar-refractivity contribution >= 4 is 23.4 Å². The predicted octanol–water partition coefficient (Wildman–Crippen LogP) is 3.92. The lowest BCUT2D eigenvalue weighted by Gasteiger charge is -2.31. The van der Waals surface area contributed by atoms with Gasteiger partial charge >= 0.3 is 0 Å². The molecule has 132 valence electrons. The number of benzene rings is 1. The monoisotopic (exact) mass is 350 g/mol. The molecule has 2 amide bonds. The molecule has 0 spiro atoms. The van der Waals surface area contributed by atoms with Crippen molar-refractivity contribution in [2.24, 2.45) is 0 Å². The second-order valence-electron chi connectivity index (χ2n) is 6.49. The third-order valence-electron chi connectivity index (χ3n) is 4.72. The molecule has 0 bridgehead atoms. The summed E-state index contributed by atoms with van der Waals surface area (Å²) in [6.45, 7) is 3.96. The first-order chi connectivity index (χ1) is 11.5. The minimum Gasteiger partial charge on any atom is -0.352 e. The van der Waals surface area contributed by atoms with Crippen LogP contribution in [0.3, 0.4) is 0 Å². The van der Waals surface area contributed by atoms with Crippen molar-refractivity contribution in [3.63, 3.8) is 0 Å². The molecule has 0 radical (unpaired) electrons. The van der Waals surface area contributed by atoms with E-state index in [1.54, 1.807) is 17.9 Å². The number of hydrogen-bond acceptors (Lipinski definition) is 2. The summed E-state index contributed by atoms with van der Waals surface area (Å²) < 4.78 is 0. The molecule has 0 aromatic heterocycles. The molecule has 1 fully saturated rings. The summed E-state index contributed by atoms with van der Waals surface area (Å²) in [7, 11) is 0. The Bertz CT molecular complexity index is 570. The Morgan fingerprint density at radius 2 is 1.92 bits per heavy atom. The Kier molecular flexibility index (Phi) is 7.10. The van der Waals surface area contributed by atoms with Crippen LogP contribution in [0.4, 0.5) is 0 Å². The van der Waals surface area contributed by atoms with Gasteiger partial charge in [-0.1, -0.05) is 56.0 Å². The molecular formula is C19H27ClN2O2. The summed E-state index contributed by atoms with van der Waals surface area (Å²) in [5, 5.41) is 3.73. The van der Waals surface area contributed by atoms with Gasteiger partial charge in [0.25, 0.3) is 0 Å². The van der Waals surface area contributed by atoms with Crippen molar-refractivity contribution in [2.45, 2.75) is 71.0 Å². The van der Waals surface area contributed by atoms with Crippen molar-refractivity contribution in [1.82, 2.24) is 10.2 Å². The molecule has 1 aromatic carbocycles. The summed E-state index contributed by atoms with van der Waals surface area (Å²) >= 11 is 6.22. The zero-order chi connectivity index (χ0) is 17.5. The van der Waals surface area contributed by atoms with Gasteiger partial charge in [-0.05, 0) is 31.4 Å². The van der Waals surface area contributed by atoms with Gasteiger partial charge in [0, 0.05) is 24.0 Å². The molecule has 1 aliphatic carbocycles. The molecule has 0 heterocycles. The van der Waals surface area contributed by atoms with Crippen LogP contribution in [-0.2, 0) is 16.1 Å². The summed E-state index contributed by atoms with van der Waals surface area (Å²) in [5.41, 5.74) is 0.860. The van der Waals surface area contributed by atoms with Crippen LogP contribution in [0.1, 0.15) is 57.9 Å². The number of amides is 2. The fraction of sp³-hybridized carbons (Fsp3) is 0.579. The highest BCUT2D eigenvalue weighted by molar-refractivity contribution is 6.31. The molecule has 4 nitrogen and oxygen atoms in total. The molecule has 1 aromatic rings. The predicted molar refractivity (Wildman–Crippen MR) is 96.8 cm³/mol. The maximum Gasteiger partial charge on any atom is 0.242 e. The first-order valence-corrected chi connectivity index (χ1v) is 9.24. The quantitative estimate of drug-likeness (QED) is 0.845. The van der Waals surface area contributed by atoms with E-state index in [2.05, 4.69) is 5.32 Å². The summed E-state index contributed by atoms with van der Waals surface area (Å²) in [6.07, 6.45) is 6.00. The van der Waals surface area contributed by atoms with Crippen molar-refractivity contribution in [3.8, 4) is 0 Å². The van der Waals surface area contributed by atoms with Gasteiger partial charge in [-0.2, -0.15) is 0 Å². The first kappa shape index (κ1) is 18.8. The Labute approximate surface area is 149 Å². The maximum atomic E-state index is 12.6. The Hall–Kier alpha value is -1.55. The van der Waals surface area contributed by atoms with E-state index < -0.39 is 6.04 Å². The van der Waals surface area contributed by atoms with Crippen LogP contribution in [0, 0.1) is 0 Å². The normalized spacial score (nSPS) is 16.5. The molecule has 24 heavy (non-hydrogen) atoms. The molecule has 1 N–H and O–H groups in total. The molecule has 0 saturated heterocycles. The number of rotatable bonds is 6. The van der Waals surface area contributed by atoms with Crippen LogP contribution in [0.2, 0.25) is 5.02 Å². The summed E-state index contributed by atoms with van der Waals surface area (Å²) in [6, 6.07) is 7.19. The highest BCUT2D eigenvalue weighted by Crippen LogP contribution is 2.20. The topological polar surface area (TPSA) is 49.4 Å². The minimum atomic E-state index is -0.504. The van der Waals surface area contributed by atoms with Crippen LogP contribution in [0.25, 0.3) is 0 Å². The van der Waals surface area contributed by atoms with Gasteiger partial charge in [-0.25, -0.2) is 0 Å². The second kappa shape index (κ2) is 9.07. The highest BCUT2D eigenvalue weighted by Gasteiger charge is 2.27. The van der Waals surface area contributed by atoms with E-state index >= 15 is 0 Å². The van der Waals surface area contributed by atoms with Gasteiger partial charge in [0.15, 0.2) is 0 Å². The molecule has 1 saturated carbocycles. The van der Waals surface area contributed by atoms with E-state index in [1.807, 2.05) is 25.1 Å². The van der Waals surface area contributed by atoms with E-state index in [-0.39, 0.29) is 17.9 Å². The van der Waals surface area contributed by atoms with Crippen LogP contribution in [0.5, 0.6) is 0 Å². The van der Waals surface area contributed by atoms with E-state index in [4.69, 9.17) is 11.6 Å². The highest BCUT2D eigenvalue weighted by atomic mass is 35.5. The second-order valence-corrected chi connectivity index (χ2v) is 6.89. The smallest absolute Gasteiger partial charge is 0.242 e. The van der Waals surface area contributed by atoms with E-state index in [1.165, 1.54) is 6.42 Å². The largest absolute Gasteiger partial charge is 0.352 e.